The molecular formula is C16H24ClN. The first-order valence-electron chi connectivity index (χ1n) is 7.19. The zero-order valence-corrected chi connectivity index (χ0v) is 12.0. The minimum Gasteiger partial charge on any atom is -0.313 e. The molecule has 2 unspecified atom stereocenters. The lowest BCUT2D eigenvalue weighted by Crippen LogP contribution is -2.21. The van der Waals surface area contributed by atoms with E-state index >= 15 is 0 Å². The number of rotatable bonds is 5. The molecule has 0 aromatic heterocycles. The molecule has 1 aromatic carbocycles. The van der Waals surface area contributed by atoms with Gasteiger partial charge in [0.25, 0.3) is 0 Å². The second-order valence-electron chi connectivity index (χ2n) is 5.73. The van der Waals surface area contributed by atoms with Crippen LogP contribution in [0.4, 0.5) is 0 Å². The molecule has 2 rings (SSSR count). The number of nitrogens with one attached hydrogen (secondary N) is 1. The van der Waals surface area contributed by atoms with Crippen LogP contribution >= 0.6 is 11.6 Å². The molecule has 1 aliphatic rings. The molecule has 1 nitrogen and oxygen atoms in total. The quantitative estimate of drug-likeness (QED) is 0.765. The van der Waals surface area contributed by atoms with Gasteiger partial charge in [-0.3, -0.25) is 0 Å². The molecule has 2 atom stereocenters. The van der Waals surface area contributed by atoms with E-state index in [1.165, 1.54) is 37.7 Å². The Kier molecular flexibility index (Phi) is 5.52. The first-order valence-corrected chi connectivity index (χ1v) is 7.57. The summed E-state index contributed by atoms with van der Waals surface area (Å²) in [6.45, 7) is 4.46. The van der Waals surface area contributed by atoms with E-state index in [4.69, 9.17) is 11.6 Å². The van der Waals surface area contributed by atoms with Crippen molar-refractivity contribution in [3.05, 3.63) is 34.9 Å². The van der Waals surface area contributed by atoms with Crippen molar-refractivity contribution in [2.75, 3.05) is 6.54 Å². The maximum atomic E-state index is 5.97. The summed E-state index contributed by atoms with van der Waals surface area (Å²) in [6.07, 6.45) is 7.06. The summed E-state index contributed by atoms with van der Waals surface area (Å²) in [5, 5.41) is 4.36. The largest absolute Gasteiger partial charge is 0.313 e. The van der Waals surface area contributed by atoms with E-state index < -0.39 is 0 Å². The molecule has 100 valence electrons. The maximum Gasteiger partial charge on any atom is 0.0409 e. The van der Waals surface area contributed by atoms with Crippen LogP contribution in [0.25, 0.3) is 0 Å². The van der Waals surface area contributed by atoms with E-state index in [1.807, 2.05) is 18.2 Å². The van der Waals surface area contributed by atoms with Gasteiger partial charge in [0.1, 0.15) is 0 Å². The lowest BCUT2D eigenvalue weighted by molar-refractivity contribution is 0.267. The fourth-order valence-electron chi connectivity index (χ4n) is 3.01. The van der Waals surface area contributed by atoms with Crippen molar-refractivity contribution in [3.8, 4) is 0 Å². The molecule has 18 heavy (non-hydrogen) atoms. The number of benzene rings is 1. The Balaban J connectivity index is 1.64. The van der Waals surface area contributed by atoms with Gasteiger partial charge in [-0.25, -0.2) is 0 Å². The smallest absolute Gasteiger partial charge is 0.0409 e. The maximum absolute atomic E-state index is 5.97. The molecule has 0 aliphatic heterocycles. The van der Waals surface area contributed by atoms with Crippen LogP contribution in [-0.4, -0.2) is 6.54 Å². The van der Waals surface area contributed by atoms with Crippen molar-refractivity contribution in [2.45, 2.75) is 45.6 Å². The minimum absolute atomic E-state index is 0.829. The predicted molar refractivity (Wildman–Crippen MR) is 78.9 cm³/mol. The van der Waals surface area contributed by atoms with Crippen molar-refractivity contribution in [1.82, 2.24) is 5.32 Å². The van der Waals surface area contributed by atoms with Gasteiger partial charge < -0.3 is 5.32 Å². The summed E-state index contributed by atoms with van der Waals surface area (Å²) in [5.41, 5.74) is 1.28. The molecule has 0 amide bonds. The third kappa shape index (κ3) is 4.62. The molecule has 1 saturated carbocycles. The van der Waals surface area contributed by atoms with Crippen LogP contribution in [0.2, 0.25) is 5.02 Å². The highest BCUT2D eigenvalue weighted by Crippen LogP contribution is 2.30. The van der Waals surface area contributed by atoms with Gasteiger partial charge in [-0.2, -0.15) is 0 Å². The van der Waals surface area contributed by atoms with Crippen LogP contribution in [-0.2, 0) is 6.54 Å². The van der Waals surface area contributed by atoms with Crippen LogP contribution in [0.5, 0.6) is 0 Å². The third-order valence-electron chi connectivity index (χ3n) is 3.99. The van der Waals surface area contributed by atoms with Crippen LogP contribution in [0.15, 0.2) is 24.3 Å². The Labute approximate surface area is 116 Å². The minimum atomic E-state index is 0.829. The molecular weight excluding hydrogens is 242 g/mol. The molecule has 0 spiro atoms. The van der Waals surface area contributed by atoms with Crippen molar-refractivity contribution in [1.29, 1.82) is 0 Å². The number of hydrogen-bond donors (Lipinski definition) is 1. The summed E-state index contributed by atoms with van der Waals surface area (Å²) in [6, 6.07) is 8.11. The lowest BCUT2D eigenvalue weighted by atomic mass is 9.81. The standard InChI is InChI=1S/C16H24ClN/c1-13-4-2-5-14(10-13)8-9-18-12-15-6-3-7-16(17)11-15/h3,6-7,11,13-14,18H,2,4-5,8-10,12H2,1H3. The monoisotopic (exact) mass is 265 g/mol. The van der Waals surface area contributed by atoms with Crippen LogP contribution in [0, 0.1) is 11.8 Å². The third-order valence-corrected chi connectivity index (χ3v) is 4.23. The predicted octanol–water partition coefficient (Wildman–Crippen LogP) is 4.65. The molecule has 1 fully saturated rings. The Morgan fingerprint density at radius 1 is 1.33 bits per heavy atom. The summed E-state index contributed by atoms with van der Waals surface area (Å²) >= 11 is 5.97. The molecule has 0 radical (unpaired) electrons. The average molecular weight is 266 g/mol. The lowest BCUT2D eigenvalue weighted by Gasteiger charge is -2.26. The van der Waals surface area contributed by atoms with E-state index in [2.05, 4.69) is 18.3 Å². The average Bonchev–Trinajstić information content (AvgIpc) is 2.35. The van der Waals surface area contributed by atoms with Crippen LogP contribution < -0.4 is 5.32 Å². The van der Waals surface area contributed by atoms with E-state index in [9.17, 15) is 0 Å². The van der Waals surface area contributed by atoms with Gasteiger partial charge in [0.2, 0.25) is 0 Å². The fraction of sp³-hybridized carbons (Fsp3) is 0.625. The molecule has 1 aromatic rings. The first kappa shape index (κ1) is 13.9. The second-order valence-corrected chi connectivity index (χ2v) is 6.17. The Morgan fingerprint density at radius 3 is 3.00 bits per heavy atom. The topological polar surface area (TPSA) is 12.0 Å². The highest BCUT2D eigenvalue weighted by atomic mass is 35.5. The second kappa shape index (κ2) is 7.16. The Morgan fingerprint density at radius 2 is 2.22 bits per heavy atom. The van der Waals surface area contributed by atoms with Crippen molar-refractivity contribution >= 4 is 11.6 Å². The first-order chi connectivity index (χ1) is 8.74. The Bertz CT molecular complexity index is 364. The number of halogens is 1. The Hall–Kier alpha value is -0.530. The zero-order valence-electron chi connectivity index (χ0n) is 11.3. The van der Waals surface area contributed by atoms with Crippen molar-refractivity contribution in [2.24, 2.45) is 11.8 Å². The van der Waals surface area contributed by atoms with Gasteiger partial charge >= 0.3 is 0 Å². The van der Waals surface area contributed by atoms with Gasteiger partial charge in [0.15, 0.2) is 0 Å². The van der Waals surface area contributed by atoms with Gasteiger partial charge in [0, 0.05) is 11.6 Å². The molecule has 0 heterocycles. The molecule has 1 aliphatic carbocycles. The highest BCUT2D eigenvalue weighted by Gasteiger charge is 2.17. The molecule has 0 saturated heterocycles. The normalized spacial score (nSPS) is 24.1. The number of hydrogen-bond acceptors (Lipinski definition) is 1. The molecule has 0 bridgehead atoms. The van der Waals surface area contributed by atoms with E-state index in [0.29, 0.717) is 0 Å². The van der Waals surface area contributed by atoms with Crippen molar-refractivity contribution in [3.63, 3.8) is 0 Å². The van der Waals surface area contributed by atoms with Gasteiger partial charge in [0.05, 0.1) is 0 Å². The molecule has 2 heteroatoms. The summed E-state index contributed by atoms with van der Waals surface area (Å²) in [7, 11) is 0. The zero-order chi connectivity index (χ0) is 12.8. The van der Waals surface area contributed by atoms with Gasteiger partial charge in [-0.15, -0.1) is 0 Å². The highest BCUT2D eigenvalue weighted by molar-refractivity contribution is 6.30. The van der Waals surface area contributed by atoms with Crippen LogP contribution in [0.3, 0.4) is 0 Å². The van der Waals surface area contributed by atoms with Crippen LogP contribution in [0.1, 0.15) is 44.6 Å². The fourth-order valence-corrected chi connectivity index (χ4v) is 3.22. The van der Waals surface area contributed by atoms with Crippen molar-refractivity contribution < 1.29 is 0 Å². The van der Waals surface area contributed by atoms with Gasteiger partial charge in [-0.1, -0.05) is 49.9 Å². The van der Waals surface area contributed by atoms with E-state index in [-0.39, 0.29) is 0 Å². The SMILES string of the molecule is CC1CCCC(CCNCc2cccc(Cl)c2)C1. The summed E-state index contributed by atoms with van der Waals surface area (Å²) in [5.74, 6) is 1.89. The van der Waals surface area contributed by atoms with E-state index in [0.717, 1.165) is 29.9 Å². The van der Waals surface area contributed by atoms with E-state index in [1.54, 1.807) is 0 Å². The summed E-state index contributed by atoms with van der Waals surface area (Å²) in [4.78, 5) is 0. The molecule has 1 N–H and O–H groups in total. The summed E-state index contributed by atoms with van der Waals surface area (Å²) < 4.78 is 0. The van der Waals surface area contributed by atoms with Gasteiger partial charge in [-0.05, 0) is 48.9 Å².